The van der Waals surface area contributed by atoms with Gasteiger partial charge in [0.2, 0.25) is 0 Å². The van der Waals surface area contributed by atoms with E-state index in [1.165, 1.54) is 6.07 Å². The lowest BCUT2D eigenvalue weighted by molar-refractivity contribution is -0.141. The molecule has 0 aliphatic rings. The van der Waals surface area contributed by atoms with E-state index in [1.807, 2.05) is 0 Å². The molecule has 0 unspecified atom stereocenters. The number of pyridine rings is 1. The number of halogens is 4. The summed E-state index contributed by atoms with van der Waals surface area (Å²) >= 11 is 1.58. The highest BCUT2D eigenvalue weighted by Gasteiger charge is 2.37. The summed E-state index contributed by atoms with van der Waals surface area (Å²) in [5.41, 5.74) is -2.20. The van der Waals surface area contributed by atoms with Gasteiger partial charge in [-0.05, 0) is 34.7 Å². The number of carboxylic acids is 1. The van der Waals surface area contributed by atoms with Crippen molar-refractivity contribution in [3.63, 3.8) is 0 Å². The number of carbonyl (C=O) groups is 1. The Morgan fingerprint density at radius 1 is 1.43 bits per heavy atom. The van der Waals surface area contributed by atoms with Crippen molar-refractivity contribution in [2.75, 3.05) is 0 Å². The molecule has 0 aromatic carbocycles. The molecular weight excluding hydrogens is 314 g/mol. The maximum absolute atomic E-state index is 12.3. The number of aromatic carboxylic acids is 1. The average Bonchev–Trinajstić information content (AvgIpc) is 2.01. The van der Waals surface area contributed by atoms with E-state index in [1.54, 1.807) is 22.6 Å². The van der Waals surface area contributed by atoms with Gasteiger partial charge in [-0.3, -0.25) is 0 Å². The largest absolute Gasteiger partial charge is 0.478 e. The Kier molecular flexibility index (Phi) is 2.98. The summed E-state index contributed by atoms with van der Waals surface area (Å²) in [4.78, 5) is 13.6. The molecule has 0 atom stereocenters. The lowest BCUT2D eigenvalue weighted by Crippen LogP contribution is -2.15. The van der Waals surface area contributed by atoms with E-state index in [0.29, 0.717) is 0 Å². The van der Waals surface area contributed by atoms with E-state index in [2.05, 4.69) is 4.98 Å². The summed E-state index contributed by atoms with van der Waals surface area (Å²) in [6, 6.07) is 2.10. The Labute approximate surface area is 90.1 Å². The zero-order valence-corrected chi connectivity index (χ0v) is 8.63. The standard InChI is InChI=1S/C7H3F3INO2/c8-7(9,10)5-3(6(13)14)1-2-4(11)12-5/h1-2H,(H,13,14). The zero-order chi connectivity index (χ0) is 10.9. The molecule has 1 aromatic heterocycles. The monoisotopic (exact) mass is 317 g/mol. The van der Waals surface area contributed by atoms with Crippen LogP contribution in [0.2, 0.25) is 0 Å². The first kappa shape index (κ1) is 11.2. The fraction of sp³-hybridized carbons (Fsp3) is 0.143. The van der Waals surface area contributed by atoms with E-state index in [-0.39, 0.29) is 3.70 Å². The fourth-order valence-electron chi connectivity index (χ4n) is 0.824. The second kappa shape index (κ2) is 3.71. The molecule has 0 bridgehead atoms. The lowest BCUT2D eigenvalue weighted by atomic mass is 10.2. The van der Waals surface area contributed by atoms with Gasteiger partial charge in [-0.25, -0.2) is 9.78 Å². The van der Waals surface area contributed by atoms with Crippen LogP contribution in [0.3, 0.4) is 0 Å². The maximum Gasteiger partial charge on any atom is 0.434 e. The van der Waals surface area contributed by atoms with Gasteiger partial charge in [0, 0.05) is 0 Å². The van der Waals surface area contributed by atoms with Crippen molar-refractivity contribution >= 4 is 28.6 Å². The molecule has 0 saturated heterocycles. The number of hydrogen-bond acceptors (Lipinski definition) is 2. The van der Waals surface area contributed by atoms with Crippen LogP contribution in [0, 0.1) is 3.70 Å². The van der Waals surface area contributed by atoms with Crippen molar-refractivity contribution in [2.24, 2.45) is 0 Å². The summed E-state index contributed by atoms with van der Waals surface area (Å²) in [6.45, 7) is 0. The third-order valence-corrected chi connectivity index (χ3v) is 1.96. The van der Waals surface area contributed by atoms with Gasteiger partial charge in [-0.15, -0.1) is 0 Å². The number of nitrogens with zero attached hydrogens (tertiary/aromatic N) is 1. The van der Waals surface area contributed by atoms with E-state index in [0.717, 1.165) is 6.07 Å². The van der Waals surface area contributed by atoms with Crippen LogP contribution in [-0.2, 0) is 6.18 Å². The van der Waals surface area contributed by atoms with Gasteiger partial charge in [0.15, 0.2) is 5.69 Å². The summed E-state index contributed by atoms with van der Waals surface area (Å²) in [5, 5.41) is 8.48. The summed E-state index contributed by atoms with van der Waals surface area (Å²) in [5.74, 6) is -1.64. The van der Waals surface area contributed by atoms with Gasteiger partial charge in [-0.1, -0.05) is 0 Å². The van der Waals surface area contributed by atoms with E-state index in [4.69, 9.17) is 5.11 Å². The Bertz CT molecular complexity index is 378. The molecule has 0 aliphatic heterocycles. The summed E-state index contributed by atoms with van der Waals surface area (Å²) < 4.78 is 36.9. The summed E-state index contributed by atoms with van der Waals surface area (Å²) in [6.07, 6.45) is -4.74. The normalized spacial score (nSPS) is 11.4. The molecule has 0 radical (unpaired) electrons. The van der Waals surface area contributed by atoms with Crippen LogP contribution in [0.4, 0.5) is 13.2 Å². The van der Waals surface area contributed by atoms with E-state index in [9.17, 15) is 18.0 Å². The van der Waals surface area contributed by atoms with Gasteiger partial charge in [0.25, 0.3) is 0 Å². The van der Waals surface area contributed by atoms with Crippen LogP contribution in [0.25, 0.3) is 0 Å². The second-order valence-electron chi connectivity index (χ2n) is 2.33. The Hall–Kier alpha value is -0.860. The first-order chi connectivity index (χ1) is 6.32. The van der Waals surface area contributed by atoms with Crippen LogP contribution in [0.5, 0.6) is 0 Å². The van der Waals surface area contributed by atoms with Gasteiger partial charge >= 0.3 is 12.1 Å². The smallest absolute Gasteiger partial charge is 0.434 e. The highest BCUT2D eigenvalue weighted by Crippen LogP contribution is 2.30. The molecule has 1 heterocycles. The highest BCUT2D eigenvalue weighted by atomic mass is 127. The van der Waals surface area contributed by atoms with Crippen LogP contribution >= 0.6 is 22.6 Å². The molecule has 0 spiro atoms. The van der Waals surface area contributed by atoms with Gasteiger partial charge in [0.05, 0.1) is 5.56 Å². The number of hydrogen-bond donors (Lipinski definition) is 1. The number of carboxylic acid groups (broad SMARTS) is 1. The van der Waals surface area contributed by atoms with Crippen LogP contribution in [0.1, 0.15) is 16.1 Å². The third-order valence-electron chi connectivity index (χ3n) is 1.36. The van der Waals surface area contributed by atoms with Crippen molar-refractivity contribution < 1.29 is 23.1 Å². The van der Waals surface area contributed by atoms with Gasteiger partial charge in [-0.2, -0.15) is 13.2 Å². The molecule has 1 aromatic rings. The second-order valence-corrected chi connectivity index (χ2v) is 3.44. The SMILES string of the molecule is O=C(O)c1ccc(I)nc1C(F)(F)F. The molecule has 3 nitrogen and oxygen atoms in total. The first-order valence-electron chi connectivity index (χ1n) is 3.29. The minimum absolute atomic E-state index is 0.0972. The van der Waals surface area contributed by atoms with Crippen molar-refractivity contribution in [2.45, 2.75) is 6.18 Å². The Balaban J connectivity index is 3.38. The predicted molar refractivity (Wildman–Crippen MR) is 48.9 cm³/mol. The van der Waals surface area contributed by atoms with Crippen LogP contribution in [0.15, 0.2) is 12.1 Å². The minimum atomic E-state index is -4.74. The molecule has 0 amide bonds. The van der Waals surface area contributed by atoms with Gasteiger partial charge in [0.1, 0.15) is 3.70 Å². The third kappa shape index (κ3) is 2.34. The minimum Gasteiger partial charge on any atom is -0.478 e. The molecule has 0 aliphatic carbocycles. The van der Waals surface area contributed by atoms with Crippen molar-refractivity contribution in [1.29, 1.82) is 0 Å². The predicted octanol–water partition coefficient (Wildman–Crippen LogP) is 2.40. The Morgan fingerprint density at radius 2 is 2.00 bits per heavy atom. The quantitative estimate of drug-likeness (QED) is 0.639. The molecule has 0 fully saturated rings. The van der Waals surface area contributed by atoms with Crippen molar-refractivity contribution in [3.05, 3.63) is 27.1 Å². The average molecular weight is 317 g/mol. The van der Waals surface area contributed by atoms with Crippen LogP contribution < -0.4 is 0 Å². The molecule has 14 heavy (non-hydrogen) atoms. The molecule has 1 N–H and O–H groups in total. The number of alkyl halides is 3. The van der Waals surface area contributed by atoms with E-state index >= 15 is 0 Å². The van der Waals surface area contributed by atoms with Crippen LogP contribution in [-0.4, -0.2) is 16.1 Å². The summed E-state index contributed by atoms with van der Waals surface area (Å²) in [7, 11) is 0. The maximum atomic E-state index is 12.3. The molecule has 0 saturated carbocycles. The van der Waals surface area contributed by atoms with Gasteiger partial charge < -0.3 is 5.11 Å². The first-order valence-corrected chi connectivity index (χ1v) is 4.37. The highest BCUT2D eigenvalue weighted by molar-refractivity contribution is 14.1. The molecule has 7 heteroatoms. The fourth-order valence-corrected chi connectivity index (χ4v) is 1.25. The Morgan fingerprint density at radius 3 is 2.43 bits per heavy atom. The number of rotatable bonds is 1. The zero-order valence-electron chi connectivity index (χ0n) is 6.47. The van der Waals surface area contributed by atoms with Crippen molar-refractivity contribution in [1.82, 2.24) is 4.98 Å². The number of aromatic nitrogens is 1. The molecule has 1 rings (SSSR count). The van der Waals surface area contributed by atoms with E-state index < -0.39 is 23.4 Å². The molecule has 76 valence electrons. The van der Waals surface area contributed by atoms with Crippen molar-refractivity contribution in [3.8, 4) is 0 Å². The lowest BCUT2D eigenvalue weighted by Gasteiger charge is -2.08. The molecular formula is C7H3F3INO2. The topological polar surface area (TPSA) is 50.2 Å².